The zero-order valence-corrected chi connectivity index (χ0v) is 12.6. The van der Waals surface area contributed by atoms with E-state index in [1.807, 2.05) is 30.8 Å². The Morgan fingerprint density at radius 2 is 2.05 bits per heavy atom. The third kappa shape index (κ3) is 5.55. The van der Waals surface area contributed by atoms with Gasteiger partial charge in [-0.15, -0.1) is 0 Å². The van der Waals surface area contributed by atoms with Crippen LogP contribution in [0.3, 0.4) is 0 Å². The fourth-order valence-corrected chi connectivity index (χ4v) is 2.09. The van der Waals surface area contributed by atoms with E-state index in [1.54, 1.807) is 0 Å². The van der Waals surface area contributed by atoms with Gasteiger partial charge in [0.1, 0.15) is 5.78 Å². The van der Waals surface area contributed by atoms with Gasteiger partial charge in [0.2, 0.25) is 0 Å². The lowest BCUT2D eigenvalue weighted by Crippen LogP contribution is -2.32. The van der Waals surface area contributed by atoms with Crippen molar-refractivity contribution >= 4 is 5.78 Å². The smallest absolute Gasteiger partial charge is 0.138 e. The van der Waals surface area contributed by atoms with Crippen LogP contribution in [0.4, 0.5) is 0 Å². The van der Waals surface area contributed by atoms with Crippen LogP contribution in [0.25, 0.3) is 0 Å². The quantitative estimate of drug-likeness (QED) is 0.786. The maximum Gasteiger partial charge on any atom is 0.138 e. The molecule has 4 nitrogen and oxygen atoms in total. The van der Waals surface area contributed by atoms with Gasteiger partial charge in [-0.25, -0.2) is 0 Å². The molecular weight excluding hydrogens is 238 g/mol. The number of hydrogen-bond acceptors (Lipinski definition) is 3. The van der Waals surface area contributed by atoms with Crippen molar-refractivity contribution in [1.29, 1.82) is 0 Å². The Balaban J connectivity index is 2.51. The number of hydrogen-bond donors (Lipinski definition) is 1. The Bertz CT molecular complexity index is 400. The number of Topliss-reactive ketones (excluding diaryl/α,β-unsaturated/α-hetero) is 1. The maximum atomic E-state index is 11.9. The predicted octanol–water partition coefficient (Wildman–Crippen LogP) is 2.87. The van der Waals surface area contributed by atoms with Gasteiger partial charge in [0.25, 0.3) is 0 Å². The number of rotatable bonds is 8. The number of ketones is 1. The summed E-state index contributed by atoms with van der Waals surface area (Å²) >= 11 is 0. The maximum absolute atomic E-state index is 11.9. The molecule has 1 rings (SSSR count). The Hall–Kier alpha value is -1.16. The lowest BCUT2D eigenvalue weighted by atomic mass is 9.97. The molecule has 0 unspecified atom stereocenters. The fraction of sp³-hybridized carbons (Fsp3) is 0.733. The number of carbonyl (C=O) groups is 1. The van der Waals surface area contributed by atoms with Crippen LogP contribution < -0.4 is 5.73 Å². The monoisotopic (exact) mass is 265 g/mol. The van der Waals surface area contributed by atoms with Crippen molar-refractivity contribution in [3.8, 4) is 0 Å². The highest BCUT2D eigenvalue weighted by molar-refractivity contribution is 5.80. The van der Waals surface area contributed by atoms with E-state index < -0.39 is 0 Å². The molecule has 0 aliphatic heterocycles. The van der Waals surface area contributed by atoms with E-state index in [9.17, 15) is 4.79 Å². The lowest BCUT2D eigenvalue weighted by molar-refractivity contribution is -0.118. The highest BCUT2D eigenvalue weighted by Crippen LogP contribution is 2.15. The average molecular weight is 265 g/mol. The zero-order valence-electron chi connectivity index (χ0n) is 12.6. The summed E-state index contributed by atoms with van der Waals surface area (Å²) in [5.41, 5.74) is 6.48. The normalized spacial score (nSPS) is 12.1. The van der Waals surface area contributed by atoms with Crippen LogP contribution in [0.15, 0.2) is 12.3 Å². The minimum atomic E-state index is -0.273. The number of aromatic nitrogens is 2. The second-order valence-corrected chi connectivity index (χ2v) is 5.96. The lowest BCUT2D eigenvalue weighted by Gasteiger charge is -2.17. The summed E-state index contributed by atoms with van der Waals surface area (Å²) in [6.45, 7) is 8.21. The van der Waals surface area contributed by atoms with E-state index in [0.29, 0.717) is 18.9 Å². The van der Waals surface area contributed by atoms with E-state index in [2.05, 4.69) is 18.9 Å². The topological polar surface area (TPSA) is 60.9 Å². The summed E-state index contributed by atoms with van der Waals surface area (Å²) < 4.78 is 1.98. The van der Waals surface area contributed by atoms with Gasteiger partial charge in [0, 0.05) is 18.2 Å². The van der Waals surface area contributed by atoms with Gasteiger partial charge >= 0.3 is 0 Å². The van der Waals surface area contributed by atoms with E-state index >= 15 is 0 Å². The molecule has 0 spiro atoms. The molecule has 0 radical (unpaired) electrons. The summed E-state index contributed by atoms with van der Waals surface area (Å²) in [5, 5.41) is 4.50. The van der Waals surface area contributed by atoms with Crippen molar-refractivity contribution in [2.45, 2.75) is 71.4 Å². The van der Waals surface area contributed by atoms with Gasteiger partial charge < -0.3 is 5.73 Å². The van der Waals surface area contributed by atoms with Crippen molar-refractivity contribution in [1.82, 2.24) is 9.78 Å². The van der Waals surface area contributed by atoms with Crippen molar-refractivity contribution < 1.29 is 4.79 Å². The van der Waals surface area contributed by atoms with Crippen LogP contribution >= 0.6 is 0 Å². The Labute approximate surface area is 116 Å². The number of nitrogens with two attached hydrogens (primary N) is 1. The second kappa shape index (κ2) is 6.85. The fourth-order valence-electron chi connectivity index (χ4n) is 2.09. The van der Waals surface area contributed by atoms with Crippen LogP contribution in [-0.2, 0) is 11.2 Å². The molecule has 0 atom stereocenters. The van der Waals surface area contributed by atoms with E-state index in [4.69, 9.17) is 5.73 Å². The van der Waals surface area contributed by atoms with E-state index in [-0.39, 0.29) is 11.3 Å². The summed E-state index contributed by atoms with van der Waals surface area (Å²) in [6.07, 6.45) is 5.77. The highest BCUT2D eigenvalue weighted by Gasteiger charge is 2.15. The first-order valence-corrected chi connectivity index (χ1v) is 7.20. The highest BCUT2D eigenvalue weighted by atomic mass is 16.1. The molecule has 1 heterocycles. The third-order valence-electron chi connectivity index (χ3n) is 3.41. The molecule has 0 aromatic carbocycles. The van der Waals surface area contributed by atoms with Crippen molar-refractivity contribution in [2.24, 2.45) is 5.73 Å². The first-order valence-electron chi connectivity index (χ1n) is 7.20. The molecule has 108 valence electrons. The first kappa shape index (κ1) is 15.9. The standard InChI is InChI=1S/C15H27N3O/c1-5-13(6-2)18-10-8-12(17-18)11-14(19)7-9-15(3,4)16/h8,10,13H,5-7,9,11,16H2,1-4H3. The minimum Gasteiger partial charge on any atom is -0.326 e. The van der Waals surface area contributed by atoms with Gasteiger partial charge in [-0.1, -0.05) is 13.8 Å². The van der Waals surface area contributed by atoms with Gasteiger partial charge in [-0.2, -0.15) is 5.10 Å². The minimum absolute atomic E-state index is 0.216. The molecule has 0 bridgehead atoms. The molecule has 0 fully saturated rings. The van der Waals surface area contributed by atoms with Crippen molar-refractivity contribution in [3.63, 3.8) is 0 Å². The van der Waals surface area contributed by atoms with Crippen LogP contribution in [0.1, 0.15) is 65.1 Å². The molecule has 0 aliphatic rings. The predicted molar refractivity (Wildman–Crippen MR) is 78.1 cm³/mol. The average Bonchev–Trinajstić information content (AvgIpc) is 2.76. The molecule has 0 amide bonds. The Kier molecular flexibility index (Phi) is 5.73. The van der Waals surface area contributed by atoms with Crippen LogP contribution in [0, 0.1) is 0 Å². The number of carbonyl (C=O) groups excluding carboxylic acids is 1. The second-order valence-electron chi connectivity index (χ2n) is 5.96. The zero-order chi connectivity index (χ0) is 14.5. The van der Waals surface area contributed by atoms with Gasteiger partial charge in [-0.05, 0) is 39.2 Å². The van der Waals surface area contributed by atoms with Crippen molar-refractivity contribution in [3.05, 3.63) is 18.0 Å². The molecule has 2 N–H and O–H groups in total. The Morgan fingerprint density at radius 1 is 1.42 bits per heavy atom. The van der Waals surface area contributed by atoms with Crippen molar-refractivity contribution in [2.75, 3.05) is 0 Å². The van der Waals surface area contributed by atoms with Crippen LogP contribution in [0.2, 0.25) is 0 Å². The summed E-state index contributed by atoms with van der Waals surface area (Å²) in [5.74, 6) is 0.216. The molecular formula is C15H27N3O. The molecule has 0 saturated carbocycles. The molecule has 1 aromatic heterocycles. The molecule has 0 aliphatic carbocycles. The summed E-state index contributed by atoms with van der Waals surface area (Å²) in [4.78, 5) is 11.9. The van der Waals surface area contributed by atoms with E-state index in [0.717, 1.165) is 25.0 Å². The van der Waals surface area contributed by atoms with E-state index in [1.165, 1.54) is 0 Å². The summed E-state index contributed by atoms with van der Waals surface area (Å²) in [7, 11) is 0. The molecule has 0 saturated heterocycles. The van der Waals surface area contributed by atoms with Crippen LogP contribution in [-0.4, -0.2) is 21.1 Å². The third-order valence-corrected chi connectivity index (χ3v) is 3.41. The van der Waals surface area contributed by atoms with Gasteiger partial charge in [-0.3, -0.25) is 9.48 Å². The van der Waals surface area contributed by atoms with Crippen LogP contribution in [0.5, 0.6) is 0 Å². The largest absolute Gasteiger partial charge is 0.326 e. The van der Waals surface area contributed by atoms with Gasteiger partial charge in [0.05, 0.1) is 18.2 Å². The Morgan fingerprint density at radius 3 is 2.58 bits per heavy atom. The number of nitrogens with zero attached hydrogens (tertiary/aromatic N) is 2. The SMILES string of the molecule is CCC(CC)n1ccc(CC(=O)CCC(C)(C)N)n1. The van der Waals surface area contributed by atoms with Gasteiger partial charge in [0.15, 0.2) is 0 Å². The first-order chi connectivity index (χ1) is 8.85. The molecule has 4 heteroatoms. The summed E-state index contributed by atoms with van der Waals surface area (Å²) in [6, 6.07) is 2.39. The molecule has 1 aromatic rings. The molecule has 19 heavy (non-hydrogen) atoms.